The van der Waals surface area contributed by atoms with Gasteiger partial charge in [-0.05, 0) is 23.1 Å². The lowest BCUT2D eigenvalue weighted by molar-refractivity contribution is 0.0893. The molecule has 0 saturated carbocycles. The second kappa shape index (κ2) is 5.61. The second-order valence-corrected chi connectivity index (χ2v) is 7.04. The number of carbonyl (C=O) groups is 2. The van der Waals surface area contributed by atoms with Crippen molar-refractivity contribution in [3.63, 3.8) is 0 Å². The fourth-order valence-corrected chi connectivity index (χ4v) is 4.23. The highest BCUT2D eigenvalue weighted by Crippen LogP contribution is 2.36. The van der Waals surface area contributed by atoms with E-state index in [9.17, 15) is 9.59 Å². The van der Waals surface area contributed by atoms with Gasteiger partial charge in [-0.15, -0.1) is 0 Å². The van der Waals surface area contributed by atoms with Crippen LogP contribution in [0.4, 0.5) is 5.13 Å². The van der Waals surface area contributed by atoms with Crippen molar-refractivity contribution in [3.8, 4) is 10.4 Å². The minimum absolute atomic E-state index is 0.326. The molecule has 0 unspecified atom stereocenters. The van der Waals surface area contributed by atoms with Gasteiger partial charge in [-0.3, -0.25) is 9.59 Å². The Morgan fingerprint density at radius 1 is 0.769 bits per heavy atom. The predicted octanol–water partition coefficient (Wildman–Crippen LogP) is 4.76. The van der Waals surface area contributed by atoms with E-state index in [1.165, 1.54) is 16.2 Å². The van der Waals surface area contributed by atoms with Gasteiger partial charge in [0.1, 0.15) is 0 Å². The Bertz CT molecular complexity index is 1130. The maximum Gasteiger partial charge on any atom is 0.267 e. The zero-order valence-corrected chi connectivity index (χ0v) is 14.4. The van der Waals surface area contributed by atoms with Gasteiger partial charge in [0.05, 0.1) is 4.88 Å². The van der Waals surface area contributed by atoms with Crippen molar-refractivity contribution in [2.75, 3.05) is 4.90 Å². The van der Waals surface area contributed by atoms with Crippen LogP contribution >= 0.6 is 11.3 Å². The molecule has 0 bridgehead atoms. The van der Waals surface area contributed by atoms with Crippen LogP contribution in [-0.4, -0.2) is 16.8 Å². The number of nitrogens with zero attached hydrogens (tertiary/aromatic N) is 2. The minimum Gasteiger partial charge on any atom is -0.268 e. The van der Waals surface area contributed by atoms with E-state index >= 15 is 0 Å². The molecule has 0 atom stereocenters. The number of aromatic nitrogens is 1. The molecule has 0 N–H and O–H groups in total. The van der Waals surface area contributed by atoms with Crippen LogP contribution in [0.2, 0.25) is 0 Å². The van der Waals surface area contributed by atoms with E-state index in [0.29, 0.717) is 16.3 Å². The normalized spacial score (nSPS) is 13.5. The molecular weight excluding hydrogens is 344 g/mol. The smallest absolute Gasteiger partial charge is 0.267 e. The van der Waals surface area contributed by atoms with Crippen LogP contribution in [0, 0.1) is 0 Å². The first-order valence-electron chi connectivity index (χ1n) is 8.16. The summed E-state index contributed by atoms with van der Waals surface area (Å²) in [5.41, 5.74) is 2.08. The summed E-state index contributed by atoms with van der Waals surface area (Å²) in [6.07, 6.45) is 1.71. The third kappa shape index (κ3) is 2.11. The zero-order chi connectivity index (χ0) is 17.7. The maximum atomic E-state index is 13.0. The van der Waals surface area contributed by atoms with E-state index < -0.39 is 0 Å². The van der Waals surface area contributed by atoms with Crippen molar-refractivity contribution in [2.24, 2.45) is 0 Å². The first kappa shape index (κ1) is 15.0. The van der Waals surface area contributed by atoms with Crippen molar-refractivity contribution in [1.29, 1.82) is 0 Å². The predicted molar refractivity (Wildman–Crippen MR) is 103 cm³/mol. The first-order valence-corrected chi connectivity index (χ1v) is 8.97. The quantitative estimate of drug-likeness (QED) is 0.486. The monoisotopic (exact) mass is 356 g/mol. The van der Waals surface area contributed by atoms with Crippen LogP contribution in [0.5, 0.6) is 0 Å². The Morgan fingerprint density at radius 3 is 2.08 bits per heavy atom. The summed E-state index contributed by atoms with van der Waals surface area (Å²) >= 11 is 1.34. The highest BCUT2D eigenvalue weighted by atomic mass is 32.1. The van der Waals surface area contributed by atoms with E-state index in [0.717, 1.165) is 21.2 Å². The molecular formula is C21H12N2O2S. The van der Waals surface area contributed by atoms with Crippen LogP contribution in [0.25, 0.3) is 21.2 Å². The molecule has 26 heavy (non-hydrogen) atoms. The number of anilines is 1. The SMILES string of the molecule is O=C1c2cccc3cccc(c23)C(=O)N1c1ncc(-c2ccccc2)s1. The first-order chi connectivity index (χ1) is 12.7. The van der Waals surface area contributed by atoms with Crippen molar-refractivity contribution in [2.45, 2.75) is 0 Å². The number of amides is 2. The molecule has 1 aliphatic rings. The number of hydrogen-bond acceptors (Lipinski definition) is 4. The minimum atomic E-state index is -0.326. The van der Waals surface area contributed by atoms with E-state index in [1.807, 2.05) is 54.6 Å². The summed E-state index contributed by atoms with van der Waals surface area (Å²) in [7, 11) is 0. The second-order valence-electron chi connectivity index (χ2n) is 6.03. The number of thiazole rings is 1. The van der Waals surface area contributed by atoms with E-state index in [4.69, 9.17) is 0 Å². The Balaban J connectivity index is 1.65. The average molecular weight is 356 g/mol. The van der Waals surface area contributed by atoms with Crippen molar-refractivity contribution in [1.82, 2.24) is 4.98 Å². The van der Waals surface area contributed by atoms with E-state index in [1.54, 1.807) is 18.3 Å². The molecule has 3 aromatic carbocycles. The molecule has 2 heterocycles. The van der Waals surface area contributed by atoms with Crippen LogP contribution in [0.1, 0.15) is 20.7 Å². The van der Waals surface area contributed by atoms with Gasteiger partial charge in [-0.25, -0.2) is 9.88 Å². The fraction of sp³-hybridized carbons (Fsp3) is 0. The summed E-state index contributed by atoms with van der Waals surface area (Å²) in [5, 5.41) is 2.01. The number of benzene rings is 3. The summed E-state index contributed by atoms with van der Waals surface area (Å²) in [4.78, 5) is 32.5. The van der Waals surface area contributed by atoms with E-state index in [2.05, 4.69) is 4.98 Å². The van der Waals surface area contributed by atoms with Gasteiger partial charge in [-0.1, -0.05) is 65.9 Å². The number of imide groups is 1. The number of carbonyl (C=O) groups excluding carboxylic acids is 2. The Morgan fingerprint density at radius 2 is 1.42 bits per heavy atom. The third-order valence-corrected chi connectivity index (χ3v) is 5.55. The number of rotatable bonds is 2. The van der Waals surface area contributed by atoms with Gasteiger partial charge < -0.3 is 0 Å². The van der Waals surface area contributed by atoms with Crippen molar-refractivity contribution < 1.29 is 9.59 Å². The van der Waals surface area contributed by atoms with Crippen LogP contribution in [0.3, 0.4) is 0 Å². The van der Waals surface area contributed by atoms with Crippen molar-refractivity contribution in [3.05, 3.63) is 84.1 Å². The highest BCUT2D eigenvalue weighted by molar-refractivity contribution is 7.19. The van der Waals surface area contributed by atoms with Crippen molar-refractivity contribution >= 4 is 39.1 Å². The number of hydrogen-bond donors (Lipinski definition) is 0. The van der Waals surface area contributed by atoms with E-state index in [-0.39, 0.29) is 11.8 Å². The van der Waals surface area contributed by atoms with Crippen LogP contribution < -0.4 is 4.90 Å². The lowest BCUT2D eigenvalue weighted by Gasteiger charge is -2.25. The van der Waals surface area contributed by atoms with Crippen LogP contribution in [-0.2, 0) is 0 Å². The Labute approximate surface area is 153 Å². The molecule has 4 aromatic rings. The molecule has 1 aliphatic heterocycles. The molecule has 0 fully saturated rings. The standard InChI is InChI=1S/C21H12N2O2S/c24-19-15-10-4-8-14-9-5-11-16(18(14)15)20(25)23(19)21-22-12-17(26-21)13-6-2-1-3-7-13/h1-12H. The summed E-state index contributed by atoms with van der Waals surface area (Å²) in [6, 6.07) is 20.8. The molecule has 2 amide bonds. The van der Waals surface area contributed by atoms with Gasteiger partial charge in [-0.2, -0.15) is 0 Å². The van der Waals surface area contributed by atoms with Gasteiger partial charge in [0.2, 0.25) is 0 Å². The molecule has 5 heteroatoms. The lowest BCUT2D eigenvalue weighted by atomic mass is 9.94. The Hall–Kier alpha value is -3.31. The van der Waals surface area contributed by atoms with Gasteiger partial charge >= 0.3 is 0 Å². The summed E-state index contributed by atoms with van der Waals surface area (Å²) in [5.74, 6) is -0.651. The van der Waals surface area contributed by atoms with Gasteiger partial charge in [0.15, 0.2) is 5.13 Å². The fourth-order valence-electron chi connectivity index (χ4n) is 3.31. The van der Waals surface area contributed by atoms with Gasteiger partial charge in [0, 0.05) is 22.7 Å². The molecule has 0 spiro atoms. The zero-order valence-electron chi connectivity index (χ0n) is 13.5. The molecule has 1 aromatic heterocycles. The topological polar surface area (TPSA) is 50.3 Å². The molecule has 5 rings (SSSR count). The molecule has 124 valence electrons. The Kier molecular flexibility index (Phi) is 3.23. The largest absolute Gasteiger partial charge is 0.268 e. The summed E-state index contributed by atoms with van der Waals surface area (Å²) in [6.45, 7) is 0. The third-order valence-electron chi connectivity index (χ3n) is 4.51. The molecule has 0 saturated heterocycles. The average Bonchev–Trinajstić information content (AvgIpc) is 3.16. The molecule has 0 radical (unpaired) electrons. The van der Waals surface area contributed by atoms with Gasteiger partial charge in [0.25, 0.3) is 11.8 Å². The van der Waals surface area contributed by atoms with Crippen LogP contribution in [0.15, 0.2) is 72.9 Å². The summed E-state index contributed by atoms with van der Waals surface area (Å²) < 4.78 is 0. The highest BCUT2D eigenvalue weighted by Gasteiger charge is 2.35. The maximum absolute atomic E-state index is 13.0. The molecule has 4 nitrogen and oxygen atoms in total. The molecule has 0 aliphatic carbocycles. The lowest BCUT2D eigenvalue weighted by Crippen LogP contribution is -2.40.